The average Bonchev–Trinajstić information content (AvgIpc) is 3.52. The molecule has 2 aromatic carbocycles. The number of piperidine rings is 1. The summed E-state index contributed by atoms with van der Waals surface area (Å²) in [6, 6.07) is 13.4. The van der Waals surface area contributed by atoms with Crippen LogP contribution in [0.15, 0.2) is 48.5 Å². The molecule has 2 aromatic rings. The lowest BCUT2D eigenvalue weighted by molar-refractivity contribution is -0.137. The van der Waals surface area contributed by atoms with E-state index in [1.165, 1.54) is 6.07 Å². The Kier molecular flexibility index (Phi) is 5.39. The van der Waals surface area contributed by atoms with E-state index < -0.39 is 17.3 Å². The normalized spacial score (nSPS) is 25.2. The first-order valence-corrected chi connectivity index (χ1v) is 10.5. The van der Waals surface area contributed by atoms with Crippen molar-refractivity contribution in [2.75, 3.05) is 20.1 Å². The van der Waals surface area contributed by atoms with E-state index in [2.05, 4.69) is 17.1 Å². The first-order valence-electron chi connectivity index (χ1n) is 10.5. The first kappa shape index (κ1) is 20.9. The number of nitrogens with zero attached hydrogens (tertiary/aromatic N) is 1. The highest BCUT2D eigenvalue weighted by molar-refractivity contribution is 5.96. The zero-order valence-electron chi connectivity index (χ0n) is 17.3. The van der Waals surface area contributed by atoms with Crippen molar-refractivity contribution in [3.8, 4) is 0 Å². The minimum Gasteiger partial charge on any atom is -0.341 e. The van der Waals surface area contributed by atoms with Crippen LogP contribution >= 0.6 is 0 Å². The van der Waals surface area contributed by atoms with E-state index in [-0.39, 0.29) is 11.8 Å². The van der Waals surface area contributed by atoms with E-state index in [9.17, 15) is 18.0 Å². The van der Waals surface area contributed by atoms with Crippen LogP contribution in [-0.2, 0) is 11.7 Å². The lowest BCUT2D eigenvalue weighted by atomic mass is 9.78. The molecule has 4 rings (SSSR count). The third kappa shape index (κ3) is 4.24. The molecule has 30 heavy (non-hydrogen) atoms. The van der Waals surface area contributed by atoms with Crippen LogP contribution in [0.4, 0.5) is 13.2 Å². The summed E-state index contributed by atoms with van der Waals surface area (Å²) in [5, 5.41) is 3.25. The molecule has 1 saturated carbocycles. The Morgan fingerprint density at radius 1 is 1.13 bits per heavy atom. The minimum absolute atomic E-state index is 0.0358. The molecule has 2 fully saturated rings. The molecule has 0 aromatic heterocycles. The van der Waals surface area contributed by atoms with Crippen molar-refractivity contribution >= 4 is 5.91 Å². The van der Waals surface area contributed by atoms with E-state index >= 15 is 0 Å². The molecular weight excluding hydrogens is 389 g/mol. The Hall–Kier alpha value is -2.34. The van der Waals surface area contributed by atoms with Crippen LogP contribution in [0.25, 0.3) is 0 Å². The Labute approximate surface area is 175 Å². The van der Waals surface area contributed by atoms with Gasteiger partial charge in [-0.3, -0.25) is 4.79 Å². The van der Waals surface area contributed by atoms with Gasteiger partial charge in [-0.15, -0.1) is 0 Å². The summed E-state index contributed by atoms with van der Waals surface area (Å²) in [5.41, 5.74) is 0.639. The van der Waals surface area contributed by atoms with Gasteiger partial charge in [-0.1, -0.05) is 37.3 Å². The zero-order valence-corrected chi connectivity index (χ0v) is 17.3. The third-order valence-corrected chi connectivity index (χ3v) is 6.18. The molecule has 1 saturated heterocycles. The molecule has 1 N–H and O–H groups in total. The molecule has 3 nitrogen and oxygen atoms in total. The molecule has 1 heterocycles. The van der Waals surface area contributed by atoms with Crippen LogP contribution in [-0.4, -0.2) is 30.9 Å². The number of halogens is 3. The number of amides is 1. The number of rotatable bonds is 4. The van der Waals surface area contributed by atoms with Crippen molar-refractivity contribution in [1.82, 2.24) is 10.2 Å². The summed E-state index contributed by atoms with van der Waals surface area (Å²) in [6.45, 7) is 3.76. The first-order chi connectivity index (χ1) is 14.2. The standard InChI is InChI=1S/C24H27F3N2O/c1-16-13-23(15-29(2)14-16,18-6-4-3-5-7-18)28-22(30)20-11-10-19(24(25,26)27)12-21(20)17-8-9-17/h3-7,10-12,16-17H,8-9,13-15H2,1-2H3,(H,28,30)/t16-,23-/m1/s1. The maximum Gasteiger partial charge on any atom is 0.416 e. The van der Waals surface area contributed by atoms with Crippen molar-refractivity contribution in [3.05, 3.63) is 70.8 Å². The van der Waals surface area contributed by atoms with Gasteiger partial charge in [0.15, 0.2) is 0 Å². The highest BCUT2D eigenvalue weighted by Gasteiger charge is 2.41. The van der Waals surface area contributed by atoms with E-state index in [1.807, 2.05) is 37.4 Å². The van der Waals surface area contributed by atoms with Crippen LogP contribution in [0.5, 0.6) is 0 Å². The summed E-state index contributed by atoms with van der Waals surface area (Å²) in [5.74, 6) is 0.116. The van der Waals surface area contributed by atoms with E-state index in [4.69, 9.17) is 0 Å². The highest BCUT2D eigenvalue weighted by Crippen LogP contribution is 2.44. The Balaban J connectivity index is 1.70. The quantitative estimate of drug-likeness (QED) is 0.745. The average molecular weight is 416 g/mol. The van der Waals surface area contributed by atoms with Gasteiger partial charge in [0.05, 0.1) is 11.1 Å². The van der Waals surface area contributed by atoms with E-state index in [1.54, 1.807) is 0 Å². The van der Waals surface area contributed by atoms with Gasteiger partial charge < -0.3 is 10.2 Å². The van der Waals surface area contributed by atoms with Crippen molar-refractivity contribution < 1.29 is 18.0 Å². The SMILES string of the molecule is C[C@H]1CN(C)C[C@@](NC(=O)c2ccc(C(F)(F)F)cc2C2CC2)(c2ccccc2)C1. The summed E-state index contributed by atoms with van der Waals surface area (Å²) >= 11 is 0. The fourth-order valence-corrected chi connectivity index (χ4v) is 4.87. The number of likely N-dealkylation sites (N-methyl/N-ethyl adjacent to an activating group) is 1. The Morgan fingerprint density at radius 3 is 2.43 bits per heavy atom. The van der Waals surface area contributed by atoms with Gasteiger partial charge in [0.25, 0.3) is 5.91 Å². The largest absolute Gasteiger partial charge is 0.416 e. The van der Waals surface area contributed by atoms with Gasteiger partial charge in [-0.2, -0.15) is 13.2 Å². The van der Waals surface area contributed by atoms with Crippen molar-refractivity contribution in [1.29, 1.82) is 0 Å². The fourth-order valence-electron chi connectivity index (χ4n) is 4.87. The predicted octanol–water partition coefficient (Wildman–Crippen LogP) is 5.18. The lowest BCUT2D eigenvalue weighted by Gasteiger charge is -2.45. The number of likely N-dealkylation sites (tertiary alicyclic amines) is 1. The van der Waals surface area contributed by atoms with Gasteiger partial charge in [-0.25, -0.2) is 0 Å². The summed E-state index contributed by atoms with van der Waals surface area (Å²) in [7, 11) is 2.03. The topological polar surface area (TPSA) is 32.3 Å². The summed E-state index contributed by atoms with van der Waals surface area (Å²) < 4.78 is 39.7. The van der Waals surface area contributed by atoms with Crippen molar-refractivity contribution in [3.63, 3.8) is 0 Å². The second-order valence-corrected chi connectivity index (χ2v) is 8.98. The summed E-state index contributed by atoms with van der Waals surface area (Å²) in [4.78, 5) is 15.6. The minimum atomic E-state index is -4.41. The van der Waals surface area contributed by atoms with Gasteiger partial charge >= 0.3 is 6.18 Å². The van der Waals surface area contributed by atoms with Crippen LogP contribution < -0.4 is 5.32 Å². The number of hydrogen-bond acceptors (Lipinski definition) is 2. The number of alkyl halides is 3. The Morgan fingerprint density at radius 2 is 1.83 bits per heavy atom. The number of hydrogen-bond donors (Lipinski definition) is 1. The third-order valence-electron chi connectivity index (χ3n) is 6.18. The molecule has 0 radical (unpaired) electrons. The van der Waals surface area contributed by atoms with Gasteiger partial charge in [0.2, 0.25) is 0 Å². The molecule has 0 spiro atoms. The van der Waals surface area contributed by atoms with Gasteiger partial charge in [0, 0.05) is 18.7 Å². The number of benzene rings is 2. The van der Waals surface area contributed by atoms with Crippen LogP contribution in [0.3, 0.4) is 0 Å². The number of nitrogens with one attached hydrogen (secondary N) is 1. The summed E-state index contributed by atoms with van der Waals surface area (Å²) in [6.07, 6.45) is -1.98. The van der Waals surface area contributed by atoms with E-state index in [0.29, 0.717) is 23.6 Å². The molecule has 1 aliphatic heterocycles. The molecule has 0 bridgehead atoms. The molecule has 6 heteroatoms. The monoisotopic (exact) mass is 416 g/mol. The lowest BCUT2D eigenvalue weighted by Crippen LogP contribution is -2.57. The molecule has 0 unspecified atom stereocenters. The predicted molar refractivity (Wildman–Crippen MR) is 110 cm³/mol. The zero-order chi connectivity index (χ0) is 21.5. The van der Waals surface area contributed by atoms with Gasteiger partial charge in [-0.05, 0) is 67.5 Å². The maximum absolute atomic E-state index is 13.4. The Bertz CT molecular complexity index is 912. The van der Waals surface area contributed by atoms with Crippen LogP contribution in [0.1, 0.15) is 59.2 Å². The molecule has 2 atom stereocenters. The van der Waals surface area contributed by atoms with Crippen LogP contribution in [0.2, 0.25) is 0 Å². The van der Waals surface area contributed by atoms with Crippen molar-refractivity contribution in [2.45, 2.75) is 43.8 Å². The maximum atomic E-state index is 13.4. The number of carbonyl (C=O) groups excluding carboxylic acids is 1. The molecule has 1 aliphatic carbocycles. The van der Waals surface area contributed by atoms with Crippen LogP contribution in [0, 0.1) is 5.92 Å². The smallest absolute Gasteiger partial charge is 0.341 e. The second-order valence-electron chi connectivity index (χ2n) is 8.98. The van der Waals surface area contributed by atoms with Crippen molar-refractivity contribution in [2.24, 2.45) is 5.92 Å². The molecular formula is C24H27F3N2O. The molecule has 160 valence electrons. The molecule has 1 amide bonds. The van der Waals surface area contributed by atoms with E-state index in [0.717, 1.165) is 43.5 Å². The van der Waals surface area contributed by atoms with Gasteiger partial charge in [0.1, 0.15) is 0 Å². The highest BCUT2D eigenvalue weighted by atomic mass is 19.4. The number of carbonyl (C=O) groups is 1. The fraction of sp³-hybridized carbons (Fsp3) is 0.458. The second kappa shape index (κ2) is 7.73. The molecule has 2 aliphatic rings.